The number of hydrogen-bond donors (Lipinski definition) is 3. The third kappa shape index (κ3) is 5.14. The molecule has 9 nitrogen and oxygen atoms in total. The van der Waals surface area contributed by atoms with E-state index < -0.39 is 11.8 Å². The summed E-state index contributed by atoms with van der Waals surface area (Å²) in [5.41, 5.74) is 1.52. The molecule has 0 atom stereocenters. The number of carboxylic acids is 1. The van der Waals surface area contributed by atoms with Gasteiger partial charge in [0.25, 0.3) is 0 Å². The Labute approximate surface area is 211 Å². The molecule has 12 heteroatoms. The zero-order valence-electron chi connectivity index (χ0n) is 18.8. The first-order valence-corrected chi connectivity index (χ1v) is 12.4. The summed E-state index contributed by atoms with van der Waals surface area (Å²) < 4.78 is 21.1. The van der Waals surface area contributed by atoms with Crippen molar-refractivity contribution in [3.05, 3.63) is 34.2 Å². The van der Waals surface area contributed by atoms with E-state index in [2.05, 4.69) is 20.6 Å². The number of benzene rings is 1. The Morgan fingerprint density at radius 2 is 1.77 bits per heavy atom. The fourth-order valence-electron chi connectivity index (χ4n) is 4.77. The Morgan fingerprint density at radius 1 is 1.09 bits per heavy atom. The largest absolute Gasteiger partial charge is 0.481 e. The van der Waals surface area contributed by atoms with Gasteiger partial charge in [-0.1, -0.05) is 23.2 Å². The second-order valence-electron chi connectivity index (χ2n) is 8.95. The number of carboxylic acid groups (broad SMARTS) is 1. The summed E-state index contributed by atoms with van der Waals surface area (Å²) in [5, 5.41) is 16.2. The van der Waals surface area contributed by atoms with E-state index in [0.29, 0.717) is 67.6 Å². The van der Waals surface area contributed by atoms with Crippen LogP contribution in [0.5, 0.6) is 0 Å². The lowest BCUT2D eigenvalue weighted by Crippen LogP contribution is -2.28. The van der Waals surface area contributed by atoms with E-state index in [4.69, 9.17) is 32.9 Å². The average Bonchev–Trinajstić information content (AvgIpc) is 3.19. The number of halogens is 3. The number of rotatable bonds is 6. The van der Waals surface area contributed by atoms with Gasteiger partial charge in [0.1, 0.15) is 11.3 Å². The first-order chi connectivity index (χ1) is 16.9. The van der Waals surface area contributed by atoms with Crippen LogP contribution in [-0.4, -0.2) is 49.9 Å². The standard InChI is InChI=1S/C23H25Cl2FN6O3/c24-16-9-13(26)10-17(25)19(16)30-23-29-18-11-27-22(28-14-5-7-35-8-6-14)31-20(18)32(23)15-3-1-12(2-4-15)21(33)34/h9-12,14-15H,1-8H2,(H,29,30)(H,33,34)(H,27,28,31)/t12-,15+. The van der Waals surface area contributed by atoms with Gasteiger partial charge >= 0.3 is 5.97 Å². The predicted octanol–water partition coefficient (Wildman–Crippen LogP) is 5.42. The highest BCUT2D eigenvalue weighted by atomic mass is 35.5. The van der Waals surface area contributed by atoms with Gasteiger partial charge in [0.2, 0.25) is 11.9 Å². The van der Waals surface area contributed by atoms with Gasteiger partial charge < -0.3 is 20.5 Å². The average molecular weight is 523 g/mol. The normalized spacial score (nSPS) is 21.2. The molecule has 3 aromatic rings. The molecule has 2 aliphatic rings. The molecular weight excluding hydrogens is 498 g/mol. The molecule has 1 saturated heterocycles. The molecule has 1 aliphatic carbocycles. The molecule has 3 N–H and O–H groups in total. The number of anilines is 3. The lowest BCUT2D eigenvalue weighted by atomic mass is 9.86. The zero-order chi connectivity index (χ0) is 24.5. The molecule has 186 valence electrons. The molecule has 1 saturated carbocycles. The maximum Gasteiger partial charge on any atom is 0.306 e. The topological polar surface area (TPSA) is 114 Å². The van der Waals surface area contributed by atoms with Crippen LogP contribution in [-0.2, 0) is 9.53 Å². The van der Waals surface area contributed by atoms with Crippen molar-refractivity contribution in [2.45, 2.75) is 50.6 Å². The SMILES string of the molecule is O=C(O)[C@H]1CC[C@@H](n2c(Nc3c(Cl)cc(F)cc3Cl)nc3cnc(NC4CCOCC4)nc32)CC1. The van der Waals surface area contributed by atoms with E-state index in [0.717, 1.165) is 12.8 Å². The van der Waals surface area contributed by atoms with E-state index in [1.54, 1.807) is 6.20 Å². The van der Waals surface area contributed by atoms with Crippen molar-refractivity contribution in [3.63, 3.8) is 0 Å². The second-order valence-corrected chi connectivity index (χ2v) is 9.77. The van der Waals surface area contributed by atoms with Gasteiger partial charge in [0, 0.05) is 25.3 Å². The van der Waals surface area contributed by atoms with Crippen LogP contribution in [0.2, 0.25) is 10.0 Å². The van der Waals surface area contributed by atoms with Crippen molar-refractivity contribution in [1.82, 2.24) is 19.5 Å². The number of aromatic nitrogens is 4. The van der Waals surface area contributed by atoms with E-state index in [1.807, 2.05) is 4.57 Å². The van der Waals surface area contributed by atoms with Gasteiger partial charge in [-0.3, -0.25) is 9.36 Å². The van der Waals surface area contributed by atoms with Gasteiger partial charge in [-0.25, -0.2) is 14.4 Å². The number of nitrogens with zero attached hydrogens (tertiary/aromatic N) is 4. The smallest absolute Gasteiger partial charge is 0.306 e. The third-order valence-electron chi connectivity index (χ3n) is 6.64. The molecule has 0 unspecified atom stereocenters. The monoisotopic (exact) mass is 522 g/mol. The first-order valence-electron chi connectivity index (χ1n) is 11.6. The minimum atomic E-state index is -0.771. The van der Waals surface area contributed by atoms with Crippen LogP contribution in [0.25, 0.3) is 11.2 Å². The fraction of sp³-hybridized carbons (Fsp3) is 0.478. The number of carbonyl (C=O) groups is 1. The first kappa shape index (κ1) is 24.0. The van der Waals surface area contributed by atoms with Gasteiger partial charge in [-0.05, 0) is 50.7 Å². The molecule has 0 radical (unpaired) electrons. The number of hydrogen-bond acceptors (Lipinski definition) is 7. The van der Waals surface area contributed by atoms with Gasteiger partial charge in [-0.15, -0.1) is 0 Å². The number of fused-ring (bicyclic) bond motifs is 1. The van der Waals surface area contributed by atoms with Crippen LogP contribution in [0, 0.1) is 11.7 Å². The highest BCUT2D eigenvalue weighted by Gasteiger charge is 2.30. The van der Waals surface area contributed by atoms with Crippen molar-refractivity contribution in [2.75, 3.05) is 23.8 Å². The Hall–Kier alpha value is -2.69. The molecule has 0 bridgehead atoms. The Kier molecular flexibility index (Phi) is 6.95. The molecule has 2 aromatic heterocycles. The van der Waals surface area contributed by atoms with Gasteiger partial charge in [0.15, 0.2) is 5.65 Å². The van der Waals surface area contributed by atoms with Crippen molar-refractivity contribution < 1.29 is 19.0 Å². The highest BCUT2D eigenvalue weighted by Crippen LogP contribution is 2.39. The van der Waals surface area contributed by atoms with E-state index in [9.17, 15) is 14.3 Å². The van der Waals surface area contributed by atoms with Gasteiger partial charge in [0.05, 0.1) is 27.8 Å². The van der Waals surface area contributed by atoms with Crippen LogP contribution in [0.15, 0.2) is 18.3 Å². The molecule has 1 aliphatic heterocycles. The summed E-state index contributed by atoms with van der Waals surface area (Å²) in [7, 11) is 0. The van der Waals surface area contributed by atoms with Crippen LogP contribution < -0.4 is 10.6 Å². The molecule has 5 rings (SSSR count). The quantitative estimate of drug-likeness (QED) is 0.393. The lowest BCUT2D eigenvalue weighted by molar-refractivity contribution is -0.143. The summed E-state index contributed by atoms with van der Waals surface area (Å²) in [6.45, 7) is 1.38. The minimum Gasteiger partial charge on any atom is -0.481 e. The molecule has 0 spiro atoms. The third-order valence-corrected chi connectivity index (χ3v) is 7.24. The van der Waals surface area contributed by atoms with Crippen molar-refractivity contribution >= 4 is 57.9 Å². The van der Waals surface area contributed by atoms with Crippen LogP contribution in [0.4, 0.5) is 22.0 Å². The molecule has 1 aromatic carbocycles. The molecular formula is C23H25Cl2FN6O3. The molecule has 0 amide bonds. The molecule has 3 heterocycles. The van der Waals surface area contributed by atoms with E-state index >= 15 is 0 Å². The summed E-state index contributed by atoms with van der Waals surface area (Å²) in [6.07, 6.45) is 5.79. The highest BCUT2D eigenvalue weighted by molar-refractivity contribution is 6.39. The van der Waals surface area contributed by atoms with E-state index in [-0.39, 0.29) is 28.0 Å². The van der Waals surface area contributed by atoms with Crippen LogP contribution in [0.3, 0.4) is 0 Å². The van der Waals surface area contributed by atoms with Crippen LogP contribution in [0.1, 0.15) is 44.6 Å². The zero-order valence-corrected chi connectivity index (χ0v) is 20.3. The Balaban J connectivity index is 1.52. The Bertz CT molecular complexity index is 1220. The molecule has 35 heavy (non-hydrogen) atoms. The summed E-state index contributed by atoms with van der Waals surface area (Å²) >= 11 is 12.5. The fourth-order valence-corrected chi connectivity index (χ4v) is 5.33. The lowest BCUT2D eigenvalue weighted by Gasteiger charge is -2.28. The van der Waals surface area contributed by atoms with Gasteiger partial charge in [-0.2, -0.15) is 4.98 Å². The molecule has 2 fully saturated rings. The van der Waals surface area contributed by atoms with E-state index in [1.165, 1.54) is 12.1 Å². The number of ether oxygens (including phenoxy) is 1. The number of nitrogens with one attached hydrogen (secondary N) is 2. The summed E-state index contributed by atoms with van der Waals surface area (Å²) in [4.78, 5) is 25.4. The van der Waals surface area contributed by atoms with Crippen molar-refractivity contribution in [3.8, 4) is 0 Å². The summed E-state index contributed by atoms with van der Waals surface area (Å²) in [6, 6.07) is 2.53. The minimum absolute atomic E-state index is 0.0399. The second kappa shape index (κ2) is 10.1. The maximum atomic E-state index is 13.7. The maximum absolute atomic E-state index is 13.7. The van der Waals surface area contributed by atoms with Crippen molar-refractivity contribution in [2.24, 2.45) is 5.92 Å². The van der Waals surface area contributed by atoms with Crippen molar-refractivity contribution in [1.29, 1.82) is 0 Å². The summed E-state index contributed by atoms with van der Waals surface area (Å²) in [5.74, 6) is -0.743. The Morgan fingerprint density at radius 3 is 2.43 bits per heavy atom. The van der Waals surface area contributed by atoms with Crippen LogP contribution >= 0.6 is 23.2 Å². The number of aliphatic carboxylic acids is 1. The predicted molar refractivity (Wildman–Crippen MR) is 131 cm³/mol. The number of imidazole rings is 1.